The van der Waals surface area contributed by atoms with Crippen molar-refractivity contribution in [1.29, 1.82) is 0 Å². The molecular formula is C15H19N3O2S. The molecule has 0 aliphatic carbocycles. The van der Waals surface area contributed by atoms with Crippen LogP contribution in [0.25, 0.3) is 10.9 Å². The normalized spacial score (nSPS) is 23.7. The number of pyridine rings is 1. The van der Waals surface area contributed by atoms with Gasteiger partial charge in [0, 0.05) is 24.2 Å². The third-order valence-corrected chi connectivity index (χ3v) is 6.17. The summed E-state index contributed by atoms with van der Waals surface area (Å²) in [5, 5.41) is 0.670. The molecule has 2 N–H and O–H groups in total. The van der Waals surface area contributed by atoms with Crippen LogP contribution in [0.3, 0.4) is 0 Å². The molecule has 1 aliphatic heterocycles. The molecule has 0 radical (unpaired) electrons. The number of benzene rings is 1. The van der Waals surface area contributed by atoms with E-state index in [1.54, 1.807) is 34.8 Å². The van der Waals surface area contributed by atoms with Gasteiger partial charge >= 0.3 is 0 Å². The molecular weight excluding hydrogens is 286 g/mol. The Balaban J connectivity index is 2.09. The Morgan fingerprint density at radius 2 is 2.14 bits per heavy atom. The van der Waals surface area contributed by atoms with Gasteiger partial charge in [-0.05, 0) is 50.1 Å². The van der Waals surface area contributed by atoms with Crippen molar-refractivity contribution >= 4 is 20.9 Å². The fourth-order valence-corrected chi connectivity index (χ4v) is 4.96. The van der Waals surface area contributed by atoms with Crippen LogP contribution in [-0.2, 0) is 10.0 Å². The average molecular weight is 305 g/mol. The van der Waals surface area contributed by atoms with Gasteiger partial charge in [-0.25, -0.2) is 8.42 Å². The number of hydrogen-bond acceptors (Lipinski definition) is 4. The van der Waals surface area contributed by atoms with E-state index in [2.05, 4.69) is 4.98 Å². The summed E-state index contributed by atoms with van der Waals surface area (Å²) in [7, 11) is -3.52. The molecule has 1 fully saturated rings. The standard InChI is InChI=1S/C15H19N3O2S/c1-11-8-12(9-16)10-18(11)21(19,20)15-6-2-5-14-13(15)4-3-7-17-14/h2-7,11-12H,8-10,16H2,1H3. The maximum absolute atomic E-state index is 13.0. The van der Waals surface area contributed by atoms with E-state index in [0.29, 0.717) is 28.9 Å². The molecule has 1 aliphatic rings. The minimum atomic E-state index is -3.52. The first-order valence-electron chi connectivity index (χ1n) is 7.09. The van der Waals surface area contributed by atoms with Crippen molar-refractivity contribution in [3.05, 3.63) is 36.5 Å². The number of nitrogens with zero attached hydrogens (tertiary/aromatic N) is 2. The Morgan fingerprint density at radius 1 is 1.33 bits per heavy atom. The zero-order valence-electron chi connectivity index (χ0n) is 11.9. The van der Waals surface area contributed by atoms with E-state index in [1.165, 1.54) is 0 Å². The third kappa shape index (κ3) is 2.43. The summed E-state index contributed by atoms with van der Waals surface area (Å²) >= 11 is 0. The van der Waals surface area contributed by atoms with Gasteiger partial charge in [-0.3, -0.25) is 4.98 Å². The largest absolute Gasteiger partial charge is 0.330 e. The van der Waals surface area contributed by atoms with Gasteiger partial charge in [0.05, 0.1) is 10.4 Å². The molecule has 3 rings (SSSR count). The second kappa shape index (κ2) is 5.36. The Labute approximate surface area is 124 Å². The van der Waals surface area contributed by atoms with Gasteiger partial charge in [0.1, 0.15) is 0 Å². The maximum Gasteiger partial charge on any atom is 0.243 e. The van der Waals surface area contributed by atoms with Crippen molar-refractivity contribution in [2.24, 2.45) is 11.7 Å². The quantitative estimate of drug-likeness (QED) is 0.934. The summed E-state index contributed by atoms with van der Waals surface area (Å²) in [5.41, 5.74) is 6.39. The first kappa shape index (κ1) is 14.4. The lowest BCUT2D eigenvalue weighted by molar-refractivity contribution is 0.405. The first-order chi connectivity index (χ1) is 10.0. The zero-order valence-corrected chi connectivity index (χ0v) is 12.8. The summed E-state index contributed by atoms with van der Waals surface area (Å²) in [4.78, 5) is 4.56. The lowest BCUT2D eigenvalue weighted by Crippen LogP contribution is -2.34. The van der Waals surface area contributed by atoms with Gasteiger partial charge < -0.3 is 5.73 Å². The predicted molar refractivity (Wildman–Crippen MR) is 82.3 cm³/mol. The summed E-state index contributed by atoms with van der Waals surface area (Å²) in [6, 6.07) is 8.76. The summed E-state index contributed by atoms with van der Waals surface area (Å²) < 4.78 is 27.5. The molecule has 6 heteroatoms. The molecule has 2 unspecified atom stereocenters. The molecule has 5 nitrogen and oxygen atoms in total. The Kier molecular flexibility index (Phi) is 3.69. The number of fused-ring (bicyclic) bond motifs is 1. The van der Waals surface area contributed by atoms with Crippen molar-refractivity contribution in [2.45, 2.75) is 24.3 Å². The minimum Gasteiger partial charge on any atom is -0.330 e. The second-order valence-corrected chi connectivity index (χ2v) is 7.45. The lowest BCUT2D eigenvalue weighted by Gasteiger charge is -2.21. The molecule has 0 bridgehead atoms. The van der Waals surface area contributed by atoms with Gasteiger partial charge in [0.2, 0.25) is 10.0 Å². The molecule has 112 valence electrons. The monoisotopic (exact) mass is 305 g/mol. The van der Waals surface area contributed by atoms with Crippen LogP contribution in [0.5, 0.6) is 0 Å². The fourth-order valence-electron chi connectivity index (χ4n) is 3.04. The van der Waals surface area contributed by atoms with Crippen molar-refractivity contribution in [3.8, 4) is 0 Å². The van der Waals surface area contributed by atoms with Crippen LogP contribution < -0.4 is 5.73 Å². The molecule has 2 aromatic rings. The summed E-state index contributed by atoms with van der Waals surface area (Å²) in [5.74, 6) is 0.239. The Morgan fingerprint density at radius 3 is 2.86 bits per heavy atom. The molecule has 0 spiro atoms. The van der Waals surface area contributed by atoms with E-state index in [-0.39, 0.29) is 12.0 Å². The Bertz CT molecular complexity index is 755. The molecule has 2 heterocycles. The van der Waals surface area contributed by atoms with Gasteiger partial charge in [-0.2, -0.15) is 4.31 Å². The van der Waals surface area contributed by atoms with Gasteiger partial charge in [0.25, 0.3) is 0 Å². The molecule has 0 saturated carbocycles. The van der Waals surface area contributed by atoms with E-state index in [1.807, 2.05) is 13.0 Å². The lowest BCUT2D eigenvalue weighted by atomic mass is 10.1. The van der Waals surface area contributed by atoms with Crippen LogP contribution in [0.15, 0.2) is 41.4 Å². The third-order valence-electron chi connectivity index (χ3n) is 4.13. The topological polar surface area (TPSA) is 76.3 Å². The predicted octanol–water partition coefficient (Wildman–Crippen LogP) is 1.59. The zero-order chi connectivity index (χ0) is 15.0. The molecule has 21 heavy (non-hydrogen) atoms. The highest BCUT2D eigenvalue weighted by Gasteiger charge is 2.37. The number of rotatable bonds is 3. The number of nitrogens with two attached hydrogens (primary N) is 1. The van der Waals surface area contributed by atoms with Crippen molar-refractivity contribution in [1.82, 2.24) is 9.29 Å². The van der Waals surface area contributed by atoms with Crippen molar-refractivity contribution in [2.75, 3.05) is 13.1 Å². The highest BCUT2D eigenvalue weighted by molar-refractivity contribution is 7.89. The van der Waals surface area contributed by atoms with Crippen LogP contribution in [0.1, 0.15) is 13.3 Å². The molecule has 0 amide bonds. The van der Waals surface area contributed by atoms with Crippen LogP contribution >= 0.6 is 0 Å². The van der Waals surface area contributed by atoms with Crippen LogP contribution in [0.2, 0.25) is 0 Å². The number of sulfonamides is 1. The van der Waals surface area contributed by atoms with Crippen molar-refractivity contribution < 1.29 is 8.42 Å². The highest BCUT2D eigenvalue weighted by Crippen LogP contribution is 2.31. The average Bonchev–Trinajstić information content (AvgIpc) is 2.88. The fraction of sp³-hybridized carbons (Fsp3) is 0.400. The van der Waals surface area contributed by atoms with Crippen molar-refractivity contribution in [3.63, 3.8) is 0 Å². The number of hydrogen-bond donors (Lipinski definition) is 1. The van der Waals surface area contributed by atoms with Gasteiger partial charge in [0.15, 0.2) is 0 Å². The molecule has 1 saturated heterocycles. The van der Waals surface area contributed by atoms with Crippen LogP contribution in [0, 0.1) is 5.92 Å². The molecule has 1 aromatic heterocycles. The van der Waals surface area contributed by atoms with E-state index in [0.717, 1.165) is 6.42 Å². The second-order valence-electron chi connectivity index (χ2n) is 5.59. The van der Waals surface area contributed by atoms with E-state index in [4.69, 9.17) is 5.73 Å². The van der Waals surface area contributed by atoms with Gasteiger partial charge in [-0.15, -0.1) is 0 Å². The summed E-state index contributed by atoms with van der Waals surface area (Å²) in [6.07, 6.45) is 2.49. The van der Waals surface area contributed by atoms with E-state index < -0.39 is 10.0 Å². The first-order valence-corrected chi connectivity index (χ1v) is 8.53. The molecule has 2 atom stereocenters. The maximum atomic E-state index is 13.0. The Hall–Kier alpha value is -1.50. The van der Waals surface area contributed by atoms with Crippen LogP contribution in [0.4, 0.5) is 0 Å². The van der Waals surface area contributed by atoms with E-state index >= 15 is 0 Å². The van der Waals surface area contributed by atoms with Crippen LogP contribution in [-0.4, -0.2) is 36.8 Å². The molecule has 1 aromatic carbocycles. The number of aromatic nitrogens is 1. The van der Waals surface area contributed by atoms with Gasteiger partial charge in [-0.1, -0.05) is 6.07 Å². The SMILES string of the molecule is CC1CC(CN)CN1S(=O)(=O)c1cccc2ncccc12. The smallest absolute Gasteiger partial charge is 0.243 e. The summed E-state index contributed by atoms with van der Waals surface area (Å²) in [6.45, 7) is 2.96. The highest BCUT2D eigenvalue weighted by atomic mass is 32.2. The minimum absolute atomic E-state index is 0.0181. The van der Waals surface area contributed by atoms with E-state index in [9.17, 15) is 8.42 Å².